The molecule has 0 unspecified atom stereocenters. The number of aromatic nitrogens is 1. The minimum absolute atomic E-state index is 0.282. The zero-order chi connectivity index (χ0) is 15.2. The van der Waals surface area contributed by atoms with E-state index < -0.39 is 6.10 Å². The number of hydrogen-bond donors (Lipinski definition) is 1. The molecule has 5 nitrogen and oxygen atoms in total. The Bertz CT molecular complexity index is 599. The first-order valence-corrected chi connectivity index (χ1v) is 6.62. The third kappa shape index (κ3) is 3.86. The molecule has 1 aromatic heterocycles. The fourth-order valence-electron chi connectivity index (χ4n) is 1.92. The number of methoxy groups -OCH3 is 2. The van der Waals surface area contributed by atoms with Gasteiger partial charge in [0.2, 0.25) is 5.88 Å². The van der Waals surface area contributed by atoms with Crippen molar-refractivity contribution in [2.75, 3.05) is 14.2 Å². The van der Waals surface area contributed by atoms with E-state index in [1.807, 2.05) is 12.1 Å². The summed E-state index contributed by atoms with van der Waals surface area (Å²) >= 11 is 0. The van der Waals surface area contributed by atoms with E-state index in [2.05, 4.69) is 4.98 Å². The third-order valence-corrected chi connectivity index (χ3v) is 3.04. The van der Waals surface area contributed by atoms with Gasteiger partial charge in [0, 0.05) is 17.7 Å². The summed E-state index contributed by atoms with van der Waals surface area (Å²) in [7, 11) is 3.16. The molecule has 0 radical (unpaired) electrons. The number of hydrogen-bond acceptors (Lipinski definition) is 5. The predicted octanol–water partition coefficient (Wildman–Crippen LogP) is 2.73. The smallest absolute Gasteiger partial charge is 0.213 e. The van der Waals surface area contributed by atoms with E-state index in [9.17, 15) is 5.11 Å². The van der Waals surface area contributed by atoms with E-state index in [4.69, 9.17) is 14.2 Å². The Kier molecular flexibility index (Phi) is 5.00. The van der Waals surface area contributed by atoms with Gasteiger partial charge in [0.05, 0.1) is 26.0 Å². The first-order chi connectivity index (χ1) is 10.1. The van der Waals surface area contributed by atoms with Crippen molar-refractivity contribution in [2.24, 2.45) is 0 Å². The van der Waals surface area contributed by atoms with Crippen LogP contribution in [0.1, 0.15) is 24.3 Å². The summed E-state index contributed by atoms with van der Waals surface area (Å²) in [6.07, 6.45) is -0.621. The van der Waals surface area contributed by atoms with E-state index in [-0.39, 0.29) is 6.61 Å². The highest BCUT2D eigenvalue weighted by molar-refractivity contribution is 5.41. The number of aliphatic hydroxyl groups excluding tert-OH is 1. The second kappa shape index (κ2) is 6.95. The number of nitrogens with zero attached hydrogens (tertiary/aromatic N) is 1. The molecule has 0 saturated carbocycles. The number of pyridine rings is 1. The lowest BCUT2D eigenvalue weighted by Gasteiger charge is -2.14. The summed E-state index contributed by atoms with van der Waals surface area (Å²) in [5.74, 6) is 1.79. The molecular formula is C16H19NO4. The van der Waals surface area contributed by atoms with Crippen LogP contribution in [0.25, 0.3) is 0 Å². The largest absolute Gasteiger partial charge is 0.497 e. The van der Waals surface area contributed by atoms with Gasteiger partial charge in [-0.15, -0.1) is 0 Å². The predicted molar refractivity (Wildman–Crippen MR) is 78.7 cm³/mol. The summed E-state index contributed by atoms with van der Waals surface area (Å²) in [4.78, 5) is 4.28. The van der Waals surface area contributed by atoms with Crippen LogP contribution in [0.2, 0.25) is 0 Å². The molecule has 0 amide bonds. The Hall–Kier alpha value is -2.27. The lowest BCUT2D eigenvalue weighted by Crippen LogP contribution is -2.03. The maximum Gasteiger partial charge on any atom is 0.213 e. The average molecular weight is 289 g/mol. The molecule has 0 aliphatic rings. The Balaban J connectivity index is 2.17. The molecule has 0 aliphatic carbocycles. The number of aliphatic hydroxyl groups is 1. The lowest BCUT2D eigenvalue weighted by molar-refractivity contribution is 0.189. The molecule has 2 aromatic rings. The standard InChI is InChI=1S/C16H19NO4/c1-11(18)14-8-7-13(19-2)9-15(14)21-10-12-5-4-6-16(17-12)20-3/h4-9,11,18H,10H2,1-3H3/t11-/m0/s1. The van der Waals surface area contributed by atoms with Gasteiger partial charge in [-0.3, -0.25) is 0 Å². The van der Waals surface area contributed by atoms with Crippen molar-refractivity contribution in [3.8, 4) is 17.4 Å². The van der Waals surface area contributed by atoms with Crippen molar-refractivity contribution >= 4 is 0 Å². The fourth-order valence-corrected chi connectivity index (χ4v) is 1.92. The van der Waals surface area contributed by atoms with Gasteiger partial charge < -0.3 is 19.3 Å². The molecule has 5 heteroatoms. The summed E-state index contributed by atoms with van der Waals surface area (Å²) in [6, 6.07) is 10.8. The van der Waals surface area contributed by atoms with Crippen LogP contribution in [0.15, 0.2) is 36.4 Å². The van der Waals surface area contributed by atoms with Gasteiger partial charge in [0.15, 0.2) is 0 Å². The van der Waals surface area contributed by atoms with Crippen LogP contribution in [0.4, 0.5) is 0 Å². The first kappa shape index (κ1) is 15.1. The normalized spacial score (nSPS) is 11.8. The van der Waals surface area contributed by atoms with Gasteiger partial charge in [-0.05, 0) is 25.1 Å². The molecule has 1 N–H and O–H groups in total. The first-order valence-electron chi connectivity index (χ1n) is 6.62. The minimum atomic E-state index is -0.621. The van der Waals surface area contributed by atoms with Crippen LogP contribution < -0.4 is 14.2 Å². The van der Waals surface area contributed by atoms with Crippen molar-refractivity contribution in [2.45, 2.75) is 19.6 Å². The molecular weight excluding hydrogens is 270 g/mol. The monoisotopic (exact) mass is 289 g/mol. The molecule has 0 saturated heterocycles. The van der Waals surface area contributed by atoms with Crippen molar-refractivity contribution in [3.05, 3.63) is 47.7 Å². The van der Waals surface area contributed by atoms with E-state index in [1.165, 1.54) is 0 Å². The maximum atomic E-state index is 9.79. The Morgan fingerprint density at radius 3 is 2.62 bits per heavy atom. The van der Waals surface area contributed by atoms with Crippen molar-refractivity contribution < 1.29 is 19.3 Å². The zero-order valence-corrected chi connectivity index (χ0v) is 12.4. The van der Waals surface area contributed by atoms with Crippen LogP contribution in [0.5, 0.6) is 17.4 Å². The summed E-state index contributed by atoms with van der Waals surface area (Å²) in [6.45, 7) is 1.97. The summed E-state index contributed by atoms with van der Waals surface area (Å²) in [5, 5.41) is 9.79. The van der Waals surface area contributed by atoms with Gasteiger partial charge >= 0.3 is 0 Å². The molecule has 1 atom stereocenters. The molecule has 1 aromatic carbocycles. The molecule has 0 spiro atoms. The SMILES string of the molecule is COc1ccc([C@H](C)O)c(OCc2cccc(OC)n2)c1. The zero-order valence-electron chi connectivity index (χ0n) is 12.4. The second-order valence-corrected chi connectivity index (χ2v) is 4.54. The average Bonchev–Trinajstić information content (AvgIpc) is 2.52. The van der Waals surface area contributed by atoms with E-state index in [0.717, 1.165) is 5.69 Å². The molecule has 0 aliphatic heterocycles. The van der Waals surface area contributed by atoms with E-state index in [0.29, 0.717) is 22.9 Å². The van der Waals surface area contributed by atoms with Crippen LogP contribution in [-0.4, -0.2) is 24.3 Å². The Morgan fingerprint density at radius 1 is 1.14 bits per heavy atom. The Labute approximate surface area is 124 Å². The van der Waals surface area contributed by atoms with Gasteiger partial charge in [-0.2, -0.15) is 0 Å². The number of rotatable bonds is 6. The van der Waals surface area contributed by atoms with Crippen LogP contribution in [0, 0.1) is 0 Å². The fraction of sp³-hybridized carbons (Fsp3) is 0.312. The van der Waals surface area contributed by atoms with Gasteiger partial charge in [-0.25, -0.2) is 4.98 Å². The third-order valence-electron chi connectivity index (χ3n) is 3.04. The highest BCUT2D eigenvalue weighted by atomic mass is 16.5. The summed E-state index contributed by atoms with van der Waals surface area (Å²) < 4.78 is 16.0. The van der Waals surface area contributed by atoms with Crippen LogP contribution in [-0.2, 0) is 6.61 Å². The molecule has 1 heterocycles. The maximum absolute atomic E-state index is 9.79. The molecule has 112 valence electrons. The minimum Gasteiger partial charge on any atom is -0.497 e. The molecule has 21 heavy (non-hydrogen) atoms. The molecule has 0 bridgehead atoms. The van der Waals surface area contributed by atoms with Gasteiger partial charge in [0.1, 0.15) is 18.1 Å². The van der Waals surface area contributed by atoms with Crippen molar-refractivity contribution in [1.82, 2.24) is 4.98 Å². The lowest BCUT2D eigenvalue weighted by atomic mass is 10.1. The Morgan fingerprint density at radius 2 is 1.95 bits per heavy atom. The second-order valence-electron chi connectivity index (χ2n) is 4.54. The quantitative estimate of drug-likeness (QED) is 0.886. The van der Waals surface area contributed by atoms with Crippen LogP contribution in [0.3, 0.4) is 0 Å². The molecule has 2 rings (SSSR count). The summed E-state index contributed by atoms with van der Waals surface area (Å²) in [5.41, 5.74) is 1.45. The van der Waals surface area contributed by atoms with E-state index >= 15 is 0 Å². The number of ether oxygens (including phenoxy) is 3. The van der Waals surface area contributed by atoms with Crippen LogP contribution >= 0.6 is 0 Å². The highest BCUT2D eigenvalue weighted by Crippen LogP contribution is 2.30. The van der Waals surface area contributed by atoms with Gasteiger partial charge in [0.25, 0.3) is 0 Å². The van der Waals surface area contributed by atoms with Crippen molar-refractivity contribution in [3.63, 3.8) is 0 Å². The highest BCUT2D eigenvalue weighted by Gasteiger charge is 2.11. The number of benzene rings is 1. The van der Waals surface area contributed by atoms with E-state index in [1.54, 1.807) is 45.4 Å². The molecule has 0 fully saturated rings. The van der Waals surface area contributed by atoms with Gasteiger partial charge in [-0.1, -0.05) is 6.07 Å². The topological polar surface area (TPSA) is 60.8 Å². The van der Waals surface area contributed by atoms with Crippen molar-refractivity contribution in [1.29, 1.82) is 0 Å².